The Hall–Kier alpha value is -3.46. The van der Waals surface area contributed by atoms with Gasteiger partial charge < -0.3 is 24.0 Å². The van der Waals surface area contributed by atoms with Crippen molar-refractivity contribution in [2.45, 2.75) is 69.2 Å². The van der Waals surface area contributed by atoms with Gasteiger partial charge in [-0.2, -0.15) is 0 Å². The molecule has 4 rings (SSSR count). The average Bonchev–Trinajstić information content (AvgIpc) is 3.32. The summed E-state index contributed by atoms with van der Waals surface area (Å²) in [6.07, 6.45) is 6.80. The Morgan fingerprint density at radius 3 is 2.43 bits per heavy atom. The Bertz CT molecular complexity index is 1200. The number of ether oxygens (including phenoxy) is 3. The lowest BCUT2D eigenvalue weighted by Gasteiger charge is -2.41. The molecule has 0 spiro atoms. The standard InChI is InChI=1S/C33H44FN3O5/c1-36(2)31(27-11-8-12-28(34)22-27)26-15-13-25(14-16-26)21-29-33(42-32(39)41-4,19-17-30(38)40-3)35-23-37(29)20-18-24-9-6-5-7-10-24/h5-12,22-23,25-26,29,31H,13-21H2,1-4H3. The topological polar surface area (TPSA) is 80.7 Å². The molecule has 1 saturated carbocycles. The maximum Gasteiger partial charge on any atom is 0.510 e. The van der Waals surface area contributed by atoms with Crippen molar-refractivity contribution in [3.05, 3.63) is 71.5 Å². The molecule has 42 heavy (non-hydrogen) atoms. The Morgan fingerprint density at radius 2 is 1.79 bits per heavy atom. The Labute approximate surface area is 248 Å². The van der Waals surface area contributed by atoms with Crippen LogP contribution in [0.4, 0.5) is 9.18 Å². The zero-order valence-electron chi connectivity index (χ0n) is 25.2. The van der Waals surface area contributed by atoms with Gasteiger partial charge in [0, 0.05) is 19.0 Å². The fraction of sp³-hybridized carbons (Fsp3) is 0.545. The van der Waals surface area contributed by atoms with E-state index in [1.807, 2.05) is 24.3 Å². The van der Waals surface area contributed by atoms with Gasteiger partial charge in [-0.25, -0.2) is 14.2 Å². The molecule has 2 aliphatic rings. The molecule has 1 aliphatic heterocycles. The van der Waals surface area contributed by atoms with Gasteiger partial charge in [-0.15, -0.1) is 0 Å². The third kappa shape index (κ3) is 7.88. The van der Waals surface area contributed by atoms with E-state index < -0.39 is 11.9 Å². The van der Waals surface area contributed by atoms with Crippen molar-refractivity contribution < 1.29 is 28.2 Å². The maximum absolute atomic E-state index is 14.1. The highest BCUT2D eigenvalue weighted by Gasteiger charge is 2.50. The normalized spacial score (nSPS) is 24.4. The molecule has 228 valence electrons. The number of halogens is 1. The number of methoxy groups -OCH3 is 2. The molecule has 1 fully saturated rings. The van der Waals surface area contributed by atoms with Crippen molar-refractivity contribution in [3.63, 3.8) is 0 Å². The lowest BCUT2D eigenvalue weighted by molar-refractivity contribution is -0.143. The molecule has 0 aromatic heterocycles. The summed E-state index contributed by atoms with van der Waals surface area (Å²) in [4.78, 5) is 33.7. The second-order valence-corrected chi connectivity index (χ2v) is 11.7. The Kier molecular flexibility index (Phi) is 11.0. The van der Waals surface area contributed by atoms with Gasteiger partial charge in [0.05, 0.1) is 33.0 Å². The molecule has 3 unspecified atom stereocenters. The SMILES string of the molecule is COC(=O)CCC1(OC(=O)OC)N=CN(CCc2ccccc2)C1CC1CCC(C(c2cccc(F)c2)N(C)C)CC1. The first-order chi connectivity index (χ1) is 20.2. The summed E-state index contributed by atoms with van der Waals surface area (Å²) in [7, 11) is 6.74. The lowest BCUT2D eigenvalue weighted by Crippen LogP contribution is -2.50. The molecule has 2 aromatic carbocycles. The molecule has 8 nitrogen and oxygen atoms in total. The molecule has 1 heterocycles. The highest BCUT2D eigenvalue weighted by molar-refractivity contribution is 5.70. The summed E-state index contributed by atoms with van der Waals surface area (Å²) in [5.41, 5.74) is 0.967. The average molecular weight is 582 g/mol. The minimum atomic E-state index is -1.25. The molecule has 3 atom stereocenters. The number of rotatable bonds is 12. The van der Waals surface area contributed by atoms with Crippen LogP contribution >= 0.6 is 0 Å². The van der Waals surface area contributed by atoms with Crippen LogP contribution in [0.25, 0.3) is 0 Å². The number of carbonyl (C=O) groups excluding carboxylic acids is 2. The van der Waals surface area contributed by atoms with E-state index >= 15 is 0 Å². The van der Waals surface area contributed by atoms with Crippen LogP contribution in [0, 0.1) is 17.7 Å². The van der Waals surface area contributed by atoms with E-state index in [0.717, 1.165) is 44.1 Å². The summed E-state index contributed by atoms with van der Waals surface area (Å²) in [6, 6.07) is 17.1. The van der Waals surface area contributed by atoms with E-state index in [1.165, 1.54) is 25.8 Å². The molecular weight excluding hydrogens is 537 g/mol. The van der Waals surface area contributed by atoms with Gasteiger partial charge in [0.2, 0.25) is 5.72 Å². The van der Waals surface area contributed by atoms with Gasteiger partial charge in [0.25, 0.3) is 0 Å². The molecule has 0 saturated heterocycles. The molecular formula is C33H44FN3O5. The van der Waals surface area contributed by atoms with Crippen molar-refractivity contribution in [2.24, 2.45) is 16.8 Å². The first-order valence-corrected chi connectivity index (χ1v) is 14.9. The van der Waals surface area contributed by atoms with Gasteiger partial charge in [-0.05, 0) is 74.9 Å². The summed E-state index contributed by atoms with van der Waals surface area (Å²) in [5, 5.41) is 0. The van der Waals surface area contributed by atoms with E-state index in [2.05, 4.69) is 36.0 Å². The first-order valence-electron chi connectivity index (χ1n) is 14.9. The van der Waals surface area contributed by atoms with Gasteiger partial charge >= 0.3 is 12.1 Å². The fourth-order valence-electron chi connectivity index (χ4n) is 6.72. The number of esters is 1. The van der Waals surface area contributed by atoms with Gasteiger partial charge in [0.1, 0.15) is 5.82 Å². The smallest absolute Gasteiger partial charge is 0.469 e. The third-order valence-electron chi connectivity index (χ3n) is 8.83. The van der Waals surface area contributed by atoms with E-state index in [-0.39, 0.29) is 36.7 Å². The van der Waals surface area contributed by atoms with Crippen LogP contribution in [-0.4, -0.2) is 74.9 Å². The van der Waals surface area contributed by atoms with E-state index in [1.54, 1.807) is 18.5 Å². The summed E-state index contributed by atoms with van der Waals surface area (Å²) < 4.78 is 29.7. The molecule has 0 radical (unpaired) electrons. The van der Waals surface area contributed by atoms with Crippen LogP contribution in [0.2, 0.25) is 0 Å². The van der Waals surface area contributed by atoms with Crippen LogP contribution < -0.4 is 0 Å². The summed E-state index contributed by atoms with van der Waals surface area (Å²) in [6.45, 7) is 0.695. The first kappa shape index (κ1) is 31.5. The Balaban J connectivity index is 1.51. The highest BCUT2D eigenvalue weighted by atomic mass is 19.1. The van der Waals surface area contributed by atoms with Gasteiger partial charge in [-0.1, -0.05) is 55.3 Å². The molecule has 0 amide bonds. The van der Waals surface area contributed by atoms with E-state index in [0.29, 0.717) is 18.4 Å². The lowest BCUT2D eigenvalue weighted by atomic mass is 9.73. The van der Waals surface area contributed by atoms with Gasteiger partial charge in [0.15, 0.2) is 0 Å². The molecule has 1 aliphatic carbocycles. The summed E-state index contributed by atoms with van der Waals surface area (Å²) >= 11 is 0. The predicted octanol–water partition coefficient (Wildman–Crippen LogP) is 6.01. The van der Waals surface area contributed by atoms with Crippen molar-refractivity contribution >= 4 is 18.5 Å². The van der Waals surface area contributed by atoms with E-state index in [4.69, 9.17) is 19.2 Å². The number of nitrogens with zero attached hydrogens (tertiary/aromatic N) is 3. The molecule has 0 bridgehead atoms. The third-order valence-corrected chi connectivity index (χ3v) is 8.83. The highest BCUT2D eigenvalue weighted by Crippen LogP contribution is 2.44. The zero-order chi connectivity index (χ0) is 30.1. The fourth-order valence-corrected chi connectivity index (χ4v) is 6.72. The minimum absolute atomic E-state index is 0.0682. The number of hydrogen-bond donors (Lipinski definition) is 0. The van der Waals surface area contributed by atoms with Crippen LogP contribution in [0.5, 0.6) is 0 Å². The number of carbonyl (C=O) groups is 2. The summed E-state index contributed by atoms with van der Waals surface area (Å²) in [5.74, 6) is 0.189. The number of aliphatic imine (C=N–C) groups is 1. The van der Waals surface area contributed by atoms with Crippen molar-refractivity contribution in [2.75, 3.05) is 34.9 Å². The second-order valence-electron chi connectivity index (χ2n) is 11.7. The van der Waals surface area contributed by atoms with E-state index in [9.17, 15) is 14.0 Å². The molecule has 0 N–H and O–H groups in total. The van der Waals surface area contributed by atoms with Crippen LogP contribution in [-0.2, 0) is 25.4 Å². The monoisotopic (exact) mass is 581 g/mol. The number of hydrogen-bond acceptors (Lipinski definition) is 8. The van der Waals surface area contributed by atoms with Crippen molar-refractivity contribution in [1.82, 2.24) is 9.80 Å². The van der Waals surface area contributed by atoms with Crippen LogP contribution in [0.3, 0.4) is 0 Å². The number of benzene rings is 2. The molecule has 9 heteroatoms. The quantitative estimate of drug-likeness (QED) is 0.284. The minimum Gasteiger partial charge on any atom is -0.469 e. The second kappa shape index (κ2) is 14.6. The predicted molar refractivity (Wildman–Crippen MR) is 159 cm³/mol. The largest absolute Gasteiger partial charge is 0.510 e. The van der Waals surface area contributed by atoms with Crippen LogP contribution in [0.1, 0.15) is 62.1 Å². The van der Waals surface area contributed by atoms with Crippen molar-refractivity contribution in [3.8, 4) is 0 Å². The van der Waals surface area contributed by atoms with Crippen molar-refractivity contribution in [1.29, 1.82) is 0 Å². The molecule has 2 aromatic rings. The van der Waals surface area contributed by atoms with Crippen LogP contribution in [0.15, 0.2) is 59.6 Å². The maximum atomic E-state index is 14.1. The van der Waals surface area contributed by atoms with Gasteiger partial charge in [-0.3, -0.25) is 4.79 Å². The Morgan fingerprint density at radius 1 is 1.05 bits per heavy atom. The zero-order valence-corrected chi connectivity index (χ0v) is 25.2.